The van der Waals surface area contributed by atoms with Gasteiger partial charge in [0.25, 0.3) is 5.91 Å². The summed E-state index contributed by atoms with van der Waals surface area (Å²) in [5, 5.41) is 8.82. The summed E-state index contributed by atoms with van der Waals surface area (Å²) in [7, 11) is 1.59. The number of methoxy groups -OCH3 is 1. The number of carbonyl (C=O) groups is 1. The molecule has 0 saturated carbocycles. The van der Waals surface area contributed by atoms with Gasteiger partial charge >= 0.3 is 0 Å². The molecule has 1 amide bonds. The van der Waals surface area contributed by atoms with Crippen LogP contribution in [0.3, 0.4) is 0 Å². The van der Waals surface area contributed by atoms with Gasteiger partial charge < -0.3 is 19.1 Å². The lowest BCUT2D eigenvalue weighted by molar-refractivity contribution is 0.0643. The maximum atomic E-state index is 13.0. The smallest absolute Gasteiger partial charge is 0.254 e. The zero-order chi connectivity index (χ0) is 23.5. The van der Waals surface area contributed by atoms with E-state index in [0.29, 0.717) is 35.8 Å². The molecule has 0 aliphatic heterocycles. The van der Waals surface area contributed by atoms with Gasteiger partial charge in [-0.2, -0.15) is 5.26 Å². The zero-order valence-corrected chi connectivity index (χ0v) is 19.8. The first kappa shape index (κ1) is 25.1. The molecule has 2 aromatic rings. The highest BCUT2D eigenvalue weighted by molar-refractivity contribution is 5.95. The minimum Gasteiger partial charge on any atom is -0.497 e. The Kier molecular flexibility index (Phi) is 9.87. The second-order valence-corrected chi connectivity index (χ2v) is 8.19. The summed E-state index contributed by atoms with van der Waals surface area (Å²) in [5.74, 6) is 1.98. The number of rotatable bonds is 12. The van der Waals surface area contributed by atoms with Crippen LogP contribution in [0.1, 0.15) is 62.9 Å². The van der Waals surface area contributed by atoms with Gasteiger partial charge in [-0.15, -0.1) is 0 Å². The molecule has 0 radical (unpaired) electrons. The Morgan fingerprint density at radius 2 is 1.44 bits per heavy atom. The van der Waals surface area contributed by atoms with Crippen LogP contribution < -0.4 is 14.2 Å². The SMILES string of the molecule is COc1cc(OCCCCCOc2ccc(C#N)cc2)cc(C(=O)N(C(C)C)C(C)C)c1. The van der Waals surface area contributed by atoms with Gasteiger partial charge in [0, 0.05) is 23.7 Å². The van der Waals surface area contributed by atoms with E-state index in [0.717, 1.165) is 25.0 Å². The third-order valence-electron chi connectivity index (χ3n) is 5.02. The number of nitriles is 1. The minimum atomic E-state index is -0.0290. The molecule has 0 aliphatic carbocycles. The molecule has 0 atom stereocenters. The number of hydrogen-bond acceptors (Lipinski definition) is 5. The van der Waals surface area contributed by atoms with Crippen molar-refractivity contribution in [2.24, 2.45) is 0 Å². The average Bonchev–Trinajstić information content (AvgIpc) is 2.78. The lowest BCUT2D eigenvalue weighted by Crippen LogP contribution is -2.42. The van der Waals surface area contributed by atoms with Crippen LogP contribution in [0, 0.1) is 11.3 Å². The molecule has 32 heavy (non-hydrogen) atoms. The van der Waals surface area contributed by atoms with Crippen molar-refractivity contribution in [3.05, 3.63) is 53.6 Å². The van der Waals surface area contributed by atoms with E-state index in [9.17, 15) is 4.79 Å². The van der Waals surface area contributed by atoms with E-state index in [2.05, 4.69) is 6.07 Å². The second kappa shape index (κ2) is 12.6. The highest BCUT2D eigenvalue weighted by Gasteiger charge is 2.22. The summed E-state index contributed by atoms with van der Waals surface area (Å²) in [6.45, 7) is 9.22. The molecule has 6 nitrogen and oxygen atoms in total. The van der Waals surface area contributed by atoms with E-state index in [1.54, 1.807) is 37.4 Å². The summed E-state index contributed by atoms with van der Waals surface area (Å²) in [5.41, 5.74) is 1.19. The number of benzene rings is 2. The van der Waals surface area contributed by atoms with E-state index in [4.69, 9.17) is 19.5 Å². The normalized spacial score (nSPS) is 10.7. The zero-order valence-electron chi connectivity index (χ0n) is 19.8. The lowest BCUT2D eigenvalue weighted by Gasteiger charge is -2.31. The maximum Gasteiger partial charge on any atom is 0.254 e. The third kappa shape index (κ3) is 7.49. The summed E-state index contributed by atoms with van der Waals surface area (Å²) in [4.78, 5) is 14.9. The summed E-state index contributed by atoms with van der Waals surface area (Å²) < 4.78 is 17.0. The average molecular weight is 439 g/mol. The number of hydrogen-bond donors (Lipinski definition) is 0. The molecule has 0 heterocycles. The quantitative estimate of drug-likeness (QED) is 0.412. The van der Waals surface area contributed by atoms with Crippen LogP contribution in [-0.2, 0) is 0 Å². The van der Waals surface area contributed by atoms with Crippen LogP contribution in [0.15, 0.2) is 42.5 Å². The van der Waals surface area contributed by atoms with Crippen molar-refractivity contribution >= 4 is 5.91 Å². The van der Waals surface area contributed by atoms with Crippen LogP contribution in [0.5, 0.6) is 17.2 Å². The first-order valence-electron chi connectivity index (χ1n) is 11.1. The van der Waals surface area contributed by atoms with E-state index in [1.807, 2.05) is 44.7 Å². The molecule has 0 bridgehead atoms. The summed E-state index contributed by atoms with van der Waals surface area (Å²) in [6.07, 6.45) is 2.74. The van der Waals surface area contributed by atoms with Gasteiger partial charge in [-0.05, 0) is 83.4 Å². The van der Waals surface area contributed by atoms with Crippen molar-refractivity contribution in [1.29, 1.82) is 5.26 Å². The summed E-state index contributed by atoms with van der Waals surface area (Å²) in [6, 6.07) is 14.8. The molecule has 0 aromatic heterocycles. The van der Waals surface area contributed by atoms with E-state index >= 15 is 0 Å². The predicted octanol–water partition coefficient (Wildman–Crippen LogP) is 5.45. The molecular formula is C26H34N2O4. The van der Waals surface area contributed by atoms with Gasteiger partial charge in [-0.1, -0.05) is 0 Å². The van der Waals surface area contributed by atoms with Crippen LogP contribution in [0.4, 0.5) is 0 Å². The number of unbranched alkanes of at least 4 members (excludes halogenated alkanes) is 2. The van der Waals surface area contributed by atoms with Crippen molar-refractivity contribution in [1.82, 2.24) is 4.90 Å². The largest absolute Gasteiger partial charge is 0.497 e. The van der Waals surface area contributed by atoms with Crippen molar-refractivity contribution in [2.45, 2.75) is 59.0 Å². The molecule has 0 N–H and O–H groups in total. The highest BCUT2D eigenvalue weighted by Crippen LogP contribution is 2.25. The maximum absolute atomic E-state index is 13.0. The highest BCUT2D eigenvalue weighted by atomic mass is 16.5. The fourth-order valence-corrected chi connectivity index (χ4v) is 3.50. The van der Waals surface area contributed by atoms with Gasteiger partial charge in [0.05, 0.1) is 32.0 Å². The first-order chi connectivity index (χ1) is 15.3. The Balaban J connectivity index is 1.82. The third-order valence-corrected chi connectivity index (χ3v) is 5.02. The Bertz CT molecular complexity index is 893. The molecule has 0 spiro atoms. The van der Waals surface area contributed by atoms with Crippen LogP contribution in [-0.4, -0.2) is 43.2 Å². The Hall–Kier alpha value is -3.20. The topological polar surface area (TPSA) is 71.8 Å². The Labute approximate surface area is 191 Å². The molecule has 0 aliphatic rings. The Morgan fingerprint density at radius 1 is 0.875 bits per heavy atom. The minimum absolute atomic E-state index is 0.0290. The van der Waals surface area contributed by atoms with Gasteiger partial charge in [0.2, 0.25) is 0 Å². The van der Waals surface area contributed by atoms with Crippen molar-refractivity contribution in [3.8, 4) is 23.3 Å². The van der Waals surface area contributed by atoms with Crippen molar-refractivity contribution in [2.75, 3.05) is 20.3 Å². The van der Waals surface area contributed by atoms with E-state index in [1.165, 1.54) is 0 Å². The fraction of sp³-hybridized carbons (Fsp3) is 0.462. The van der Waals surface area contributed by atoms with Gasteiger partial charge in [-0.25, -0.2) is 0 Å². The molecular weight excluding hydrogens is 404 g/mol. The molecule has 0 saturated heterocycles. The van der Waals surface area contributed by atoms with Crippen LogP contribution in [0.2, 0.25) is 0 Å². The number of carbonyl (C=O) groups excluding carboxylic acids is 1. The molecule has 0 fully saturated rings. The van der Waals surface area contributed by atoms with Crippen LogP contribution >= 0.6 is 0 Å². The van der Waals surface area contributed by atoms with Gasteiger partial charge in [0.1, 0.15) is 17.2 Å². The molecule has 6 heteroatoms. The molecule has 172 valence electrons. The lowest BCUT2D eigenvalue weighted by atomic mass is 10.1. The van der Waals surface area contributed by atoms with E-state index in [-0.39, 0.29) is 18.0 Å². The standard InChI is InChI=1S/C26H34N2O4/c1-19(2)28(20(3)4)26(29)22-15-24(30-5)17-25(16-22)32-14-8-6-7-13-31-23-11-9-21(18-27)10-12-23/h9-12,15-17,19-20H,6-8,13-14H2,1-5H3. The number of nitrogens with zero attached hydrogens (tertiary/aromatic N) is 2. The molecule has 2 aromatic carbocycles. The van der Waals surface area contributed by atoms with Gasteiger partial charge in [0.15, 0.2) is 0 Å². The van der Waals surface area contributed by atoms with E-state index < -0.39 is 0 Å². The fourth-order valence-electron chi connectivity index (χ4n) is 3.50. The number of amides is 1. The van der Waals surface area contributed by atoms with Crippen molar-refractivity contribution < 1.29 is 19.0 Å². The Morgan fingerprint density at radius 3 is 1.97 bits per heavy atom. The second-order valence-electron chi connectivity index (χ2n) is 8.19. The first-order valence-corrected chi connectivity index (χ1v) is 11.1. The monoisotopic (exact) mass is 438 g/mol. The van der Waals surface area contributed by atoms with Crippen LogP contribution in [0.25, 0.3) is 0 Å². The number of ether oxygens (including phenoxy) is 3. The summed E-state index contributed by atoms with van der Waals surface area (Å²) >= 11 is 0. The predicted molar refractivity (Wildman–Crippen MR) is 125 cm³/mol. The molecule has 0 unspecified atom stereocenters. The van der Waals surface area contributed by atoms with Gasteiger partial charge in [-0.3, -0.25) is 4.79 Å². The van der Waals surface area contributed by atoms with Crippen molar-refractivity contribution in [3.63, 3.8) is 0 Å². The molecule has 2 rings (SSSR count).